The maximum absolute atomic E-state index is 11.0. The van der Waals surface area contributed by atoms with Crippen molar-refractivity contribution < 1.29 is 4.92 Å². The average molecular weight is 289 g/mol. The lowest BCUT2D eigenvalue weighted by atomic mass is 9.97. The topological polar surface area (TPSA) is 58.4 Å². The maximum atomic E-state index is 11.0. The SMILES string of the molecule is CCN(c1ccc([N+](=O)[O-])c(C)c1)C1CC2CCC(C1)N2. The van der Waals surface area contributed by atoms with Crippen LogP contribution in [-0.2, 0) is 0 Å². The van der Waals surface area contributed by atoms with Gasteiger partial charge in [-0.2, -0.15) is 0 Å². The molecule has 114 valence electrons. The van der Waals surface area contributed by atoms with E-state index in [4.69, 9.17) is 0 Å². The highest BCUT2D eigenvalue weighted by molar-refractivity contribution is 5.56. The van der Waals surface area contributed by atoms with E-state index in [2.05, 4.69) is 17.1 Å². The van der Waals surface area contributed by atoms with Gasteiger partial charge >= 0.3 is 0 Å². The first kappa shape index (κ1) is 14.3. The van der Waals surface area contributed by atoms with E-state index in [9.17, 15) is 10.1 Å². The predicted octanol–water partition coefficient (Wildman–Crippen LogP) is 3.01. The van der Waals surface area contributed by atoms with Crippen LogP contribution >= 0.6 is 0 Å². The summed E-state index contributed by atoms with van der Waals surface area (Å²) in [6.45, 7) is 4.93. The zero-order chi connectivity index (χ0) is 15.0. The van der Waals surface area contributed by atoms with Crippen LogP contribution in [-0.4, -0.2) is 29.6 Å². The Balaban J connectivity index is 1.83. The lowest BCUT2D eigenvalue weighted by Gasteiger charge is -2.38. The molecule has 3 rings (SSSR count). The van der Waals surface area contributed by atoms with Crippen molar-refractivity contribution in [1.82, 2.24) is 5.32 Å². The van der Waals surface area contributed by atoms with Gasteiger partial charge < -0.3 is 10.2 Å². The first-order chi connectivity index (χ1) is 10.1. The molecule has 5 nitrogen and oxygen atoms in total. The van der Waals surface area contributed by atoms with Crippen LogP contribution in [0.2, 0.25) is 0 Å². The Kier molecular flexibility index (Phi) is 3.85. The number of fused-ring (bicyclic) bond motifs is 2. The third kappa shape index (κ3) is 2.75. The number of nitrogens with one attached hydrogen (secondary N) is 1. The highest BCUT2D eigenvalue weighted by atomic mass is 16.6. The summed E-state index contributed by atoms with van der Waals surface area (Å²) < 4.78 is 0. The van der Waals surface area contributed by atoms with Crippen LogP contribution in [0.4, 0.5) is 11.4 Å². The third-order valence-corrected chi connectivity index (χ3v) is 4.94. The summed E-state index contributed by atoms with van der Waals surface area (Å²) in [4.78, 5) is 13.1. The lowest BCUT2D eigenvalue weighted by molar-refractivity contribution is -0.385. The number of piperidine rings is 1. The van der Waals surface area contributed by atoms with Gasteiger partial charge in [0.05, 0.1) is 4.92 Å². The molecule has 1 aromatic rings. The Morgan fingerprint density at radius 2 is 2.00 bits per heavy atom. The quantitative estimate of drug-likeness (QED) is 0.684. The molecule has 2 saturated heterocycles. The maximum Gasteiger partial charge on any atom is 0.272 e. The van der Waals surface area contributed by atoms with Crippen LogP contribution in [0.5, 0.6) is 0 Å². The highest BCUT2D eigenvalue weighted by Crippen LogP contribution is 2.33. The number of hydrogen-bond acceptors (Lipinski definition) is 4. The Bertz CT molecular complexity index is 534. The van der Waals surface area contributed by atoms with Gasteiger partial charge in [0.2, 0.25) is 0 Å². The van der Waals surface area contributed by atoms with E-state index in [0.29, 0.717) is 18.1 Å². The van der Waals surface area contributed by atoms with E-state index in [1.54, 1.807) is 6.07 Å². The second-order valence-corrected chi connectivity index (χ2v) is 6.28. The van der Waals surface area contributed by atoms with Crippen LogP contribution in [0.25, 0.3) is 0 Å². The van der Waals surface area contributed by atoms with Crippen molar-refractivity contribution >= 4 is 11.4 Å². The average Bonchev–Trinajstić information content (AvgIpc) is 2.78. The Hall–Kier alpha value is -1.62. The van der Waals surface area contributed by atoms with Crippen LogP contribution in [0.15, 0.2) is 18.2 Å². The van der Waals surface area contributed by atoms with Crippen LogP contribution in [0.1, 0.15) is 38.2 Å². The number of hydrogen-bond donors (Lipinski definition) is 1. The summed E-state index contributed by atoms with van der Waals surface area (Å²) in [5.74, 6) is 0. The molecule has 0 saturated carbocycles. The molecule has 2 aliphatic heterocycles. The minimum Gasteiger partial charge on any atom is -0.369 e. The zero-order valence-corrected chi connectivity index (χ0v) is 12.7. The highest BCUT2D eigenvalue weighted by Gasteiger charge is 2.35. The standard InChI is InChI=1S/C16H23N3O2/c1-3-18(15-9-12-4-5-13(10-15)17-12)14-6-7-16(19(20)21)11(2)8-14/h6-8,12-13,15,17H,3-5,9-10H2,1-2H3. The smallest absolute Gasteiger partial charge is 0.272 e. The molecular formula is C16H23N3O2. The zero-order valence-electron chi connectivity index (χ0n) is 12.7. The monoisotopic (exact) mass is 289 g/mol. The van der Waals surface area contributed by atoms with E-state index in [0.717, 1.165) is 17.8 Å². The van der Waals surface area contributed by atoms with Gasteiger partial charge in [0.1, 0.15) is 0 Å². The Labute approximate surface area is 125 Å². The second-order valence-electron chi connectivity index (χ2n) is 6.28. The molecule has 2 fully saturated rings. The van der Waals surface area contributed by atoms with Gasteiger partial charge in [-0.1, -0.05) is 0 Å². The van der Waals surface area contributed by atoms with E-state index in [1.807, 2.05) is 19.1 Å². The largest absolute Gasteiger partial charge is 0.369 e. The van der Waals surface area contributed by atoms with Gasteiger partial charge in [0.15, 0.2) is 0 Å². The van der Waals surface area contributed by atoms with Gasteiger partial charge in [0.25, 0.3) is 5.69 Å². The van der Waals surface area contributed by atoms with Crippen molar-refractivity contribution in [2.24, 2.45) is 0 Å². The molecule has 2 atom stereocenters. The summed E-state index contributed by atoms with van der Waals surface area (Å²) in [6.07, 6.45) is 4.94. The van der Waals surface area contributed by atoms with Crippen molar-refractivity contribution in [2.45, 2.75) is 57.7 Å². The first-order valence-corrected chi connectivity index (χ1v) is 7.86. The Morgan fingerprint density at radius 1 is 1.33 bits per heavy atom. The van der Waals surface area contributed by atoms with Gasteiger partial charge in [-0.15, -0.1) is 0 Å². The number of benzene rings is 1. The summed E-state index contributed by atoms with van der Waals surface area (Å²) >= 11 is 0. The fourth-order valence-corrected chi connectivity index (χ4v) is 3.96. The van der Waals surface area contributed by atoms with Crippen molar-refractivity contribution in [3.05, 3.63) is 33.9 Å². The fourth-order valence-electron chi connectivity index (χ4n) is 3.96. The minimum atomic E-state index is -0.305. The third-order valence-electron chi connectivity index (χ3n) is 4.94. The molecule has 2 unspecified atom stereocenters. The van der Waals surface area contributed by atoms with E-state index >= 15 is 0 Å². The minimum absolute atomic E-state index is 0.209. The molecule has 2 bridgehead atoms. The van der Waals surface area contributed by atoms with Crippen LogP contribution in [0.3, 0.4) is 0 Å². The van der Waals surface area contributed by atoms with E-state index < -0.39 is 0 Å². The second kappa shape index (κ2) is 5.64. The molecular weight excluding hydrogens is 266 g/mol. The molecule has 21 heavy (non-hydrogen) atoms. The molecule has 2 heterocycles. The van der Waals surface area contributed by atoms with Crippen molar-refractivity contribution in [3.63, 3.8) is 0 Å². The van der Waals surface area contributed by atoms with E-state index in [1.165, 1.54) is 25.7 Å². The molecule has 2 aliphatic rings. The summed E-state index contributed by atoms with van der Waals surface area (Å²) in [5, 5.41) is 14.6. The fraction of sp³-hybridized carbons (Fsp3) is 0.625. The van der Waals surface area contributed by atoms with Crippen LogP contribution in [0, 0.1) is 17.0 Å². The number of nitrogens with zero attached hydrogens (tertiary/aromatic N) is 2. The van der Waals surface area contributed by atoms with E-state index in [-0.39, 0.29) is 10.6 Å². The summed E-state index contributed by atoms with van der Waals surface area (Å²) in [7, 11) is 0. The Morgan fingerprint density at radius 3 is 2.52 bits per heavy atom. The molecule has 0 aliphatic carbocycles. The molecule has 1 aromatic carbocycles. The first-order valence-electron chi connectivity index (χ1n) is 7.86. The number of anilines is 1. The van der Waals surface area contributed by atoms with Gasteiger partial charge in [-0.3, -0.25) is 10.1 Å². The predicted molar refractivity (Wildman–Crippen MR) is 83.8 cm³/mol. The van der Waals surface area contributed by atoms with Crippen LogP contribution < -0.4 is 10.2 Å². The molecule has 5 heteroatoms. The summed E-state index contributed by atoms with van der Waals surface area (Å²) in [6, 6.07) is 7.37. The molecule has 0 radical (unpaired) electrons. The van der Waals surface area contributed by atoms with Crippen molar-refractivity contribution in [3.8, 4) is 0 Å². The van der Waals surface area contributed by atoms with Crippen molar-refractivity contribution in [2.75, 3.05) is 11.4 Å². The molecule has 0 spiro atoms. The molecule has 1 N–H and O–H groups in total. The number of aryl methyl sites for hydroxylation is 1. The van der Waals surface area contributed by atoms with Crippen molar-refractivity contribution in [1.29, 1.82) is 0 Å². The number of nitro benzene ring substituents is 1. The van der Waals surface area contributed by atoms with Gasteiger partial charge in [-0.05, 0) is 51.7 Å². The molecule has 0 aromatic heterocycles. The summed E-state index contributed by atoms with van der Waals surface area (Å²) in [5.41, 5.74) is 2.07. The van der Waals surface area contributed by atoms with Gasteiger partial charge in [0, 0.05) is 42.0 Å². The number of nitro groups is 1. The normalized spacial score (nSPS) is 27.6. The van der Waals surface area contributed by atoms with Gasteiger partial charge in [-0.25, -0.2) is 0 Å². The lowest BCUT2D eigenvalue weighted by Crippen LogP contribution is -2.48. The number of rotatable bonds is 4. The molecule has 0 amide bonds.